The summed E-state index contributed by atoms with van der Waals surface area (Å²) < 4.78 is 0.954. The first-order chi connectivity index (χ1) is 6.82. The highest BCUT2D eigenvalue weighted by molar-refractivity contribution is 9.10. The lowest BCUT2D eigenvalue weighted by Crippen LogP contribution is -2.43. The van der Waals surface area contributed by atoms with E-state index in [1.807, 2.05) is 24.3 Å². The molecule has 15 heavy (non-hydrogen) atoms. The van der Waals surface area contributed by atoms with Crippen LogP contribution in [0.3, 0.4) is 0 Å². The maximum atomic E-state index is 11.7. The molecule has 1 rings (SSSR count). The molecule has 0 aliphatic heterocycles. The Kier molecular flexibility index (Phi) is 3.52. The van der Waals surface area contributed by atoms with E-state index >= 15 is 0 Å². The molecule has 4 heteroatoms. The number of benzene rings is 1. The number of likely N-dealkylation sites (N-methyl/N-ethyl adjacent to an activating group) is 1. The lowest BCUT2D eigenvalue weighted by Gasteiger charge is -2.24. The van der Waals surface area contributed by atoms with Gasteiger partial charge in [0, 0.05) is 17.2 Å². The smallest absolute Gasteiger partial charge is 0.258 e. The van der Waals surface area contributed by atoms with E-state index in [0.717, 1.165) is 10.2 Å². The molecule has 0 fully saturated rings. The lowest BCUT2D eigenvalue weighted by molar-refractivity contribution is -0.133. The zero-order chi connectivity index (χ0) is 11.6. The van der Waals surface area contributed by atoms with Gasteiger partial charge >= 0.3 is 0 Å². The molecule has 0 aliphatic carbocycles. The molecule has 0 spiro atoms. The third-order valence-corrected chi connectivity index (χ3v) is 2.57. The SMILES string of the molecule is CN(C(=O)C(C)(C)O)c1ccc(Br)cc1. The van der Waals surface area contributed by atoms with Crippen molar-refractivity contribution < 1.29 is 9.90 Å². The molecule has 1 aromatic carbocycles. The summed E-state index contributed by atoms with van der Waals surface area (Å²) in [6.07, 6.45) is 0. The normalized spacial score (nSPS) is 11.3. The van der Waals surface area contributed by atoms with Crippen molar-refractivity contribution in [3.8, 4) is 0 Å². The van der Waals surface area contributed by atoms with Crippen LogP contribution in [0.15, 0.2) is 28.7 Å². The van der Waals surface area contributed by atoms with Gasteiger partial charge in [0.2, 0.25) is 0 Å². The van der Waals surface area contributed by atoms with Gasteiger partial charge < -0.3 is 10.0 Å². The number of hydrogen-bond acceptors (Lipinski definition) is 2. The second kappa shape index (κ2) is 4.33. The topological polar surface area (TPSA) is 40.5 Å². The molecule has 0 unspecified atom stereocenters. The number of nitrogens with zero attached hydrogens (tertiary/aromatic N) is 1. The zero-order valence-corrected chi connectivity index (χ0v) is 10.6. The average Bonchev–Trinajstić information content (AvgIpc) is 2.15. The minimum absolute atomic E-state index is 0.329. The summed E-state index contributed by atoms with van der Waals surface area (Å²) in [5, 5.41) is 9.57. The van der Waals surface area contributed by atoms with Crippen LogP contribution in [0, 0.1) is 0 Å². The number of hydrogen-bond donors (Lipinski definition) is 1. The van der Waals surface area contributed by atoms with E-state index in [9.17, 15) is 9.90 Å². The maximum Gasteiger partial charge on any atom is 0.258 e. The Balaban J connectivity index is 2.90. The van der Waals surface area contributed by atoms with Crippen LogP contribution in [0.1, 0.15) is 13.8 Å². The van der Waals surface area contributed by atoms with Crippen LogP contribution in [-0.4, -0.2) is 23.7 Å². The third-order valence-electron chi connectivity index (χ3n) is 2.04. The van der Waals surface area contributed by atoms with Crippen molar-refractivity contribution >= 4 is 27.5 Å². The Morgan fingerprint density at radius 2 is 1.80 bits per heavy atom. The Hall–Kier alpha value is -0.870. The largest absolute Gasteiger partial charge is 0.381 e. The maximum absolute atomic E-state index is 11.7. The summed E-state index contributed by atoms with van der Waals surface area (Å²) in [6.45, 7) is 2.95. The van der Waals surface area contributed by atoms with Crippen LogP contribution in [0.25, 0.3) is 0 Å². The molecule has 0 aromatic heterocycles. The molecule has 0 radical (unpaired) electrons. The lowest BCUT2D eigenvalue weighted by atomic mass is 10.1. The number of halogens is 1. The first kappa shape index (κ1) is 12.2. The second-order valence-electron chi connectivity index (χ2n) is 3.90. The molecule has 0 aliphatic rings. The second-order valence-corrected chi connectivity index (χ2v) is 4.82. The van der Waals surface area contributed by atoms with Gasteiger partial charge in [-0.25, -0.2) is 0 Å². The van der Waals surface area contributed by atoms with Gasteiger partial charge in [0.1, 0.15) is 5.60 Å². The standard InChI is InChI=1S/C11H14BrNO2/c1-11(2,15)10(14)13(3)9-6-4-8(12)5-7-9/h4-7,15H,1-3H3. The van der Waals surface area contributed by atoms with Crippen molar-refractivity contribution in [3.63, 3.8) is 0 Å². The van der Waals surface area contributed by atoms with Crippen LogP contribution in [0.5, 0.6) is 0 Å². The highest BCUT2D eigenvalue weighted by Crippen LogP contribution is 2.19. The van der Waals surface area contributed by atoms with Crippen molar-refractivity contribution in [1.29, 1.82) is 0 Å². The molecule has 0 saturated heterocycles. The van der Waals surface area contributed by atoms with Crippen LogP contribution in [-0.2, 0) is 4.79 Å². The third kappa shape index (κ3) is 3.04. The van der Waals surface area contributed by atoms with Gasteiger partial charge in [0.15, 0.2) is 0 Å². The first-order valence-corrected chi connectivity index (χ1v) is 5.38. The minimum Gasteiger partial charge on any atom is -0.381 e. The van der Waals surface area contributed by atoms with Crippen LogP contribution in [0.4, 0.5) is 5.69 Å². The van der Waals surface area contributed by atoms with Gasteiger partial charge in [-0.15, -0.1) is 0 Å². The van der Waals surface area contributed by atoms with Crippen LogP contribution < -0.4 is 4.90 Å². The van der Waals surface area contributed by atoms with Gasteiger partial charge in [0.05, 0.1) is 0 Å². The summed E-state index contributed by atoms with van der Waals surface area (Å²) in [6, 6.07) is 7.33. The molecule has 1 N–H and O–H groups in total. The van der Waals surface area contributed by atoms with E-state index in [2.05, 4.69) is 15.9 Å². The summed E-state index contributed by atoms with van der Waals surface area (Å²) in [4.78, 5) is 13.2. The fraction of sp³-hybridized carbons (Fsp3) is 0.364. The number of carbonyl (C=O) groups is 1. The summed E-state index contributed by atoms with van der Waals surface area (Å²) >= 11 is 3.32. The predicted molar refractivity (Wildman–Crippen MR) is 63.8 cm³/mol. The van der Waals surface area contributed by atoms with Crippen molar-refractivity contribution in [2.24, 2.45) is 0 Å². The number of amides is 1. The Morgan fingerprint density at radius 3 is 2.20 bits per heavy atom. The number of aliphatic hydroxyl groups is 1. The van der Waals surface area contributed by atoms with Gasteiger partial charge in [-0.05, 0) is 38.1 Å². The highest BCUT2D eigenvalue weighted by atomic mass is 79.9. The van der Waals surface area contributed by atoms with Crippen molar-refractivity contribution in [1.82, 2.24) is 0 Å². The molecule has 1 amide bonds. The average molecular weight is 272 g/mol. The van der Waals surface area contributed by atoms with Crippen molar-refractivity contribution in [2.45, 2.75) is 19.4 Å². The molecule has 82 valence electrons. The molecule has 1 aromatic rings. The summed E-state index contributed by atoms with van der Waals surface area (Å²) in [5.74, 6) is -0.329. The quantitative estimate of drug-likeness (QED) is 0.896. The number of carbonyl (C=O) groups excluding carboxylic acids is 1. The van der Waals surface area contributed by atoms with Gasteiger partial charge in [-0.2, -0.15) is 0 Å². The molecular formula is C11H14BrNO2. The Labute approximate surface area is 97.8 Å². The van der Waals surface area contributed by atoms with E-state index < -0.39 is 5.60 Å². The zero-order valence-electron chi connectivity index (χ0n) is 8.99. The Morgan fingerprint density at radius 1 is 1.33 bits per heavy atom. The molecule has 0 atom stereocenters. The van der Waals surface area contributed by atoms with E-state index in [4.69, 9.17) is 0 Å². The fourth-order valence-electron chi connectivity index (χ4n) is 1.19. The summed E-state index contributed by atoms with van der Waals surface area (Å²) in [7, 11) is 1.64. The van der Waals surface area contributed by atoms with Gasteiger partial charge in [-0.3, -0.25) is 4.79 Å². The molecule has 0 saturated carbocycles. The van der Waals surface area contributed by atoms with Crippen molar-refractivity contribution in [2.75, 3.05) is 11.9 Å². The molecule has 3 nitrogen and oxygen atoms in total. The Bertz CT molecular complexity index is 354. The van der Waals surface area contributed by atoms with E-state index in [1.165, 1.54) is 18.7 Å². The van der Waals surface area contributed by atoms with E-state index in [-0.39, 0.29) is 5.91 Å². The van der Waals surface area contributed by atoms with Crippen LogP contribution in [0.2, 0.25) is 0 Å². The first-order valence-electron chi connectivity index (χ1n) is 4.58. The fourth-order valence-corrected chi connectivity index (χ4v) is 1.46. The van der Waals surface area contributed by atoms with Gasteiger partial charge in [0.25, 0.3) is 5.91 Å². The van der Waals surface area contributed by atoms with Crippen molar-refractivity contribution in [3.05, 3.63) is 28.7 Å². The number of anilines is 1. The highest BCUT2D eigenvalue weighted by Gasteiger charge is 2.27. The number of rotatable bonds is 2. The predicted octanol–water partition coefficient (Wildman–Crippen LogP) is 2.18. The van der Waals surface area contributed by atoms with E-state index in [1.54, 1.807) is 7.05 Å². The molecule has 0 bridgehead atoms. The molecule has 0 heterocycles. The minimum atomic E-state index is -1.35. The molecular weight excluding hydrogens is 258 g/mol. The summed E-state index contributed by atoms with van der Waals surface area (Å²) in [5.41, 5.74) is -0.590. The van der Waals surface area contributed by atoms with Crippen LogP contribution >= 0.6 is 15.9 Å². The van der Waals surface area contributed by atoms with Gasteiger partial charge in [-0.1, -0.05) is 15.9 Å². The monoisotopic (exact) mass is 271 g/mol. The van der Waals surface area contributed by atoms with E-state index in [0.29, 0.717) is 0 Å².